The summed E-state index contributed by atoms with van der Waals surface area (Å²) >= 11 is 6.17. The summed E-state index contributed by atoms with van der Waals surface area (Å²) in [6.45, 7) is 1.44. The van der Waals surface area contributed by atoms with Gasteiger partial charge in [0, 0.05) is 26.7 Å². The smallest absolute Gasteiger partial charge is 0.346 e. The molecule has 4 aromatic rings. The number of ether oxygens (including phenoxy) is 1. The largest absolute Gasteiger partial charge is 0.460 e. The first-order valence-corrected chi connectivity index (χ1v) is 12.4. The maximum absolute atomic E-state index is 13.7. The first-order chi connectivity index (χ1) is 18.3. The summed E-state index contributed by atoms with van der Waals surface area (Å²) in [5.41, 5.74) is 2.09. The minimum atomic E-state index is -0.723. The van der Waals surface area contributed by atoms with Crippen LogP contribution in [0.5, 0.6) is 0 Å². The van der Waals surface area contributed by atoms with Gasteiger partial charge in [-0.15, -0.1) is 0 Å². The normalized spacial score (nSPS) is 17.8. The lowest BCUT2D eigenvalue weighted by molar-refractivity contribution is 0.0451. The predicted molar refractivity (Wildman–Crippen MR) is 137 cm³/mol. The molecule has 0 unspecified atom stereocenters. The predicted octanol–water partition coefficient (Wildman–Crippen LogP) is 3.71. The number of aromatic nitrogens is 3. The molecule has 0 radical (unpaired) electrons. The average molecular weight is 538 g/mol. The zero-order valence-corrected chi connectivity index (χ0v) is 21.0. The van der Waals surface area contributed by atoms with Gasteiger partial charge in [-0.05, 0) is 35.4 Å². The van der Waals surface area contributed by atoms with E-state index in [1.54, 1.807) is 24.3 Å². The Kier molecular flexibility index (Phi) is 6.08. The van der Waals surface area contributed by atoms with Gasteiger partial charge >= 0.3 is 5.97 Å². The number of piperazine rings is 1. The van der Waals surface area contributed by atoms with Crippen molar-refractivity contribution in [1.29, 1.82) is 0 Å². The summed E-state index contributed by atoms with van der Waals surface area (Å²) < 4.78 is 34.3. The van der Waals surface area contributed by atoms with Gasteiger partial charge in [-0.25, -0.2) is 23.5 Å². The number of halogens is 3. The van der Waals surface area contributed by atoms with E-state index in [9.17, 15) is 18.4 Å². The Hall–Kier alpha value is -3.89. The van der Waals surface area contributed by atoms with Crippen LogP contribution in [0, 0.1) is 11.6 Å². The van der Waals surface area contributed by atoms with Crippen LogP contribution in [0.3, 0.4) is 0 Å². The molecule has 2 aliphatic heterocycles. The molecular weight excluding hydrogens is 516 g/mol. The molecule has 6 rings (SSSR count). The molecule has 194 valence electrons. The highest BCUT2D eigenvalue weighted by molar-refractivity contribution is 6.29. The van der Waals surface area contributed by atoms with Crippen LogP contribution in [0.15, 0.2) is 59.5 Å². The molecule has 1 atom stereocenters. The number of nitrogens with zero attached hydrogens (tertiary/aromatic N) is 5. The number of esters is 1. The Bertz CT molecular complexity index is 1570. The Morgan fingerprint density at radius 2 is 1.63 bits per heavy atom. The molecule has 0 bridgehead atoms. The number of hydrogen-bond donors (Lipinski definition) is 0. The molecule has 2 aromatic carbocycles. The standard InChI is InChI=1S/C27H22ClF2N5O3/c1-33-25-22(32-20(28)12-31-25)24-21(26(33)36)27(37)38-14-19-13-34(10-11-35(19)24)23(15-2-6-17(29)7-3-15)16-4-8-18(30)9-5-16/h2-9,12,19,23H,10-11,13-14H2,1H3/t19-/m1/s1. The van der Waals surface area contributed by atoms with Gasteiger partial charge in [0.25, 0.3) is 5.56 Å². The molecule has 0 N–H and O–H groups in total. The van der Waals surface area contributed by atoms with Crippen molar-refractivity contribution in [2.75, 3.05) is 31.1 Å². The summed E-state index contributed by atoms with van der Waals surface area (Å²) in [6.07, 6.45) is 1.36. The fourth-order valence-electron chi connectivity index (χ4n) is 5.41. The first-order valence-electron chi connectivity index (χ1n) is 12.1. The molecule has 1 saturated heterocycles. The minimum absolute atomic E-state index is 0.0439. The van der Waals surface area contributed by atoms with Gasteiger partial charge in [0.05, 0.1) is 24.0 Å². The van der Waals surface area contributed by atoms with E-state index in [-0.39, 0.29) is 41.0 Å². The number of hydrogen-bond acceptors (Lipinski definition) is 7. The molecule has 0 spiro atoms. The summed E-state index contributed by atoms with van der Waals surface area (Å²) in [4.78, 5) is 39.1. The molecule has 0 amide bonds. The Labute approximate surface area is 221 Å². The Balaban J connectivity index is 1.44. The van der Waals surface area contributed by atoms with Crippen LogP contribution in [0.2, 0.25) is 5.15 Å². The second kappa shape index (κ2) is 9.45. The molecule has 4 heterocycles. The molecule has 11 heteroatoms. The fourth-order valence-corrected chi connectivity index (χ4v) is 5.55. The SMILES string of the molecule is Cn1c(=O)c2c(c3nc(Cl)cnc31)N1CCN(C(c3ccc(F)cc3)c3ccc(F)cc3)C[C@@H]1COC2=O. The van der Waals surface area contributed by atoms with E-state index >= 15 is 0 Å². The quantitative estimate of drug-likeness (QED) is 0.369. The van der Waals surface area contributed by atoms with Crippen molar-refractivity contribution in [2.45, 2.75) is 12.1 Å². The third-order valence-electron chi connectivity index (χ3n) is 7.17. The number of carbonyl (C=O) groups excluding carboxylic acids is 1. The molecule has 1 fully saturated rings. The molecule has 0 aliphatic carbocycles. The number of cyclic esters (lactones) is 1. The van der Waals surface area contributed by atoms with Crippen LogP contribution >= 0.6 is 11.6 Å². The highest BCUT2D eigenvalue weighted by atomic mass is 35.5. The van der Waals surface area contributed by atoms with Crippen molar-refractivity contribution in [3.8, 4) is 0 Å². The van der Waals surface area contributed by atoms with E-state index in [0.717, 1.165) is 11.1 Å². The van der Waals surface area contributed by atoms with Crippen molar-refractivity contribution in [3.63, 3.8) is 0 Å². The van der Waals surface area contributed by atoms with Crippen LogP contribution < -0.4 is 10.5 Å². The summed E-state index contributed by atoms with van der Waals surface area (Å²) in [5.74, 6) is -1.42. The van der Waals surface area contributed by atoms with Crippen molar-refractivity contribution >= 4 is 34.4 Å². The third-order valence-corrected chi connectivity index (χ3v) is 7.35. The number of anilines is 1. The third kappa shape index (κ3) is 4.10. The zero-order chi connectivity index (χ0) is 26.6. The molecule has 2 aromatic heterocycles. The molecule has 38 heavy (non-hydrogen) atoms. The number of fused-ring (bicyclic) bond motifs is 5. The van der Waals surface area contributed by atoms with Gasteiger partial charge in [0.1, 0.15) is 28.9 Å². The second-order valence-electron chi connectivity index (χ2n) is 9.40. The number of rotatable bonds is 3. The monoisotopic (exact) mass is 537 g/mol. The molecule has 0 saturated carbocycles. The Morgan fingerprint density at radius 3 is 2.26 bits per heavy atom. The topological polar surface area (TPSA) is 80.6 Å². The van der Waals surface area contributed by atoms with E-state index in [1.807, 2.05) is 4.90 Å². The van der Waals surface area contributed by atoms with Gasteiger partial charge in [-0.2, -0.15) is 0 Å². The second-order valence-corrected chi connectivity index (χ2v) is 9.79. The van der Waals surface area contributed by atoms with E-state index < -0.39 is 11.5 Å². The van der Waals surface area contributed by atoms with Crippen LogP contribution in [-0.4, -0.2) is 57.7 Å². The number of pyridine rings is 1. The Morgan fingerprint density at radius 1 is 1.00 bits per heavy atom. The van der Waals surface area contributed by atoms with Crippen molar-refractivity contribution < 1.29 is 18.3 Å². The number of carbonyl (C=O) groups is 1. The van der Waals surface area contributed by atoms with E-state index in [4.69, 9.17) is 16.3 Å². The molecule has 8 nitrogen and oxygen atoms in total. The molecular formula is C27H22ClF2N5O3. The van der Waals surface area contributed by atoms with Gasteiger partial charge in [-0.1, -0.05) is 35.9 Å². The maximum Gasteiger partial charge on any atom is 0.346 e. The summed E-state index contributed by atoms with van der Waals surface area (Å²) in [7, 11) is 1.52. The lowest BCUT2D eigenvalue weighted by Gasteiger charge is -2.45. The van der Waals surface area contributed by atoms with Crippen LogP contribution in [0.4, 0.5) is 14.5 Å². The van der Waals surface area contributed by atoms with Gasteiger partial charge in [0.2, 0.25) is 0 Å². The summed E-state index contributed by atoms with van der Waals surface area (Å²) in [6, 6.07) is 11.8. The van der Waals surface area contributed by atoms with E-state index in [2.05, 4.69) is 14.9 Å². The van der Waals surface area contributed by atoms with Crippen LogP contribution in [0.1, 0.15) is 27.5 Å². The lowest BCUT2D eigenvalue weighted by Crippen LogP contribution is -2.55. The van der Waals surface area contributed by atoms with Crippen LogP contribution in [-0.2, 0) is 11.8 Å². The molecule has 2 aliphatic rings. The van der Waals surface area contributed by atoms with Gasteiger partial charge in [0.15, 0.2) is 11.2 Å². The van der Waals surface area contributed by atoms with Crippen molar-refractivity contribution in [2.24, 2.45) is 7.05 Å². The summed E-state index contributed by atoms with van der Waals surface area (Å²) in [5, 5.41) is 0.138. The zero-order valence-electron chi connectivity index (χ0n) is 20.3. The highest BCUT2D eigenvalue weighted by Gasteiger charge is 2.40. The van der Waals surface area contributed by atoms with Crippen molar-refractivity contribution in [3.05, 3.63) is 98.6 Å². The first kappa shape index (κ1) is 24.4. The lowest BCUT2D eigenvalue weighted by atomic mass is 9.95. The van der Waals surface area contributed by atoms with Crippen LogP contribution in [0.25, 0.3) is 11.2 Å². The maximum atomic E-state index is 13.7. The van der Waals surface area contributed by atoms with E-state index in [0.29, 0.717) is 36.5 Å². The van der Waals surface area contributed by atoms with Crippen molar-refractivity contribution in [1.82, 2.24) is 19.4 Å². The fraction of sp³-hybridized carbons (Fsp3) is 0.259. The van der Waals surface area contributed by atoms with E-state index in [1.165, 1.54) is 42.1 Å². The highest BCUT2D eigenvalue weighted by Crippen LogP contribution is 2.36. The number of aryl methyl sites for hydroxylation is 1. The average Bonchev–Trinajstić information content (AvgIpc) is 3.06. The number of benzene rings is 2. The van der Waals surface area contributed by atoms with Gasteiger partial charge < -0.3 is 9.64 Å². The minimum Gasteiger partial charge on any atom is -0.460 e. The van der Waals surface area contributed by atoms with Gasteiger partial charge in [-0.3, -0.25) is 14.3 Å².